The third kappa shape index (κ3) is 7.88. The van der Waals surface area contributed by atoms with Crippen molar-refractivity contribution in [3.8, 4) is 0 Å². The van der Waals surface area contributed by atoms with Gasteiger partial charge in [0.25, 0.3) is 6.43 Å². The van der Waals surface area contributed by atoms with Gasteiger partial charge in [0, 0.05) is 12.6 Å². The maximum absolute atomic E-state index is 11.6. The Morgan fingerprint density at radius 2 is 1.83 bits per heavy atom. The van der Waals surface area contributed by atoms with E-state index in [4.69, 9.17) is 5.73 Å². The summed E-state index contributed by atoms with van der Waals surface area (Å²) in [4.78, 5) is 0. The molecule has 0 aromatic carbocycles. The molecule has 0 bridgehead atoms. The number of halogens is 2. The first-order chi connectivity index (χ1) is 5.52. The zero-order valence-corrected chi connectivity index (χ0v) is 7.69. The van der Waals surface area contributed by atoms with Gasteiger partial charge in [-0.3, -0.25) is 0 Å². The van der Waals surface area contributed by atoms with Gasteiger partial charge in [-0.25, -0.2) is 8.78 Å². The molecule has 0 unspecified atom stereocenters. The summed E-state index contributed by atoms with van der Waals surface area (Å²) in [6.07, 6.45) is -1.41. The lowest BCUT2D eigenvalue weighted by atomic mass is 10.0. The molecule has 2 nitrogen and oxygen atoms in total. The Balaban J connectivity index is 3.25. The summed E-state index contributed by atoms with van der Waals surface area (Å²) >= 11 is 0. The van der Waals surface area contributed by atoms with Gasteiger partial charge in [0.05, 0.1) is 6.54 Å². The third-order valence-electron chi connectivity index (χ3n) is 1.48. The largest absolute Gasteiger partial charge is 0.327 e. The zero-order chi connectivity index (χ0) is 9.56. The van der Waals surface area contributed by atoms with E-state index in [1.54, 1.807) is 0 Å². The Bertz CT molecular complexity index is 107. The summed E-state index contributed by atoms with van der Waals surface area (Å²) in [5.74, 6) is 0.522. The second-order valence-electron chi connectivity index (χ2n) is 3.44. The molecule has 0 aromatic rings. The van der Waals surface area contributed by atoms with Crippen LogP contribution in [-0.2, 0) is 0 Å². The van der Waals surface area contributed by atoms with Crippen molar-refractivity contribution in [1.29, 1.82) is 0 Å². The van der Waals surface area contributed by atoms with Crippen LogP contribution in [0.1, 0.15) is 20.3 Å². The molecule has 0 spiro atoms. The van der Waals surface area contributed by atoms with E-state index in [2.05, 4.69) is 19.2 Å². The second-order valence-corrected chi connectivity index (χ2v) is 3.44. The van der Waals surface area contributed by atoms with E-state index in [9.17, 15) is 8.78 Å². The average Bonchev–Trinajstić information content (AvgIpc) is 1.84. The van der Waals surface area contributed by atoms with E-state index >= 15 is 0 Å². The molecule has 12 heavy (non-hydrogen) atoms. The molecule has 1 atom stereocenters. The van der Waals surface area contributed by atoms with E-state index in [1.807, 2.05) is 0 Å². The lowest BCUT2D eigenvalue weighted by molar-refractivity contribution is 0.145. The van der Waals surface area contributed by atoms with E-state index in [0.717, 1.165) is 6.42 Å². The fourth-order valence-corrected chi connectivity index (χ4v) is 1.07. The van der Waals surface area contributed by atoms with Crippen molar-refractivity contribution in [2.75, 3.05) is 13.1 Å². The van der Waals surface area contributed by atoms with Gasteiger partial charge < -0.3 is 11.1 Å². The molecule has 0 radical (unpaired) electrons. The normalized spacial score (nSPS) is 14.2. The molecule has 0 aromatic heterocycles. The van der Waals surface area contributed by atoms with Crippen LogP contribution in [0.5, 0.6) is 0 Å². The van der Waals surface area contributed by atoms with Crippen molar-refractivity contribution >= 4 is 0 Å². The third-order valence-corrected chi connectivity index (χ3v) is 1.48. The fourth-order valence-electron chi connectivity index (χ4n) is 1.07. The molecule has 0 aliphatic heterocycles. The van der Waals surface area contributed by atoms with Crippen LogP contribution in [0.25, 0.3) is 0 Å². The molecule has 0 aliphatic rings. The molecule has 0 saturated heterocycles. The number of hydrogen-bond acceptors (Lipinski definition) is 2. The number of hydrogen-bond donors (Lipinski definition) is 2. The van der Waals surface area contributed by atoms with Gasteiger partial charge >= 0.3 is 0 Å². The Kier molecular flexibility index (Phi) is 6.20. The topological polar surface area (TPSA) is 38.0 Å². The van der Waals surface area contributed by atoms with Crippen molar-refractivity contribution in [2.45, 2.75) is 32.7 Å². The van der Waals surface area contributed by atoms with Crippen LogP contribution in [0.3, 0.4) is 0 Å². The molecule has 0 fully saturated rings. The highest BCUT2D eigenvalue weighted by atomic mass is 19.3. The van der Waals surface area contributed by atoms with Crippen molar-refractivity contribution in [3.63, 3.8) is 0 Å². The van der Waals surface area contributed by atoms with E-state index in [0.29, 0.717) is 12.5 Å². The Morgan fingerprint density at radius 3 is 2.25 bits per heavy atom. The van der Waals surface area contributed by atoms with E-state index < -0.39 is 6.43 Å². The fraction of sp³-hybridized carbons (Fsp3) is 1.00. The molecule has 3 N–H and O–H groups in total. The lowest BCUT2D eigenvalue weighted by Gasteiger charge is -2.14. The number of nitrogens with one attached hydrogen (secondary N) is 1. The summed E-state index contributed by atoms with van der Waals surface area (Å²) in [7, 11) is 0. The zero-order valence-electron chi connectivity index (χ0n) is 7.69. The summed E-state index contributed by atoms with van der Waals surface area (Å²) in [5, 5.41) is 2.61. The molecular weight excluding hydrogens is 162 g/mol. The summed E-state index contributed by atoms with van der Waals surface area (Å²) in [6.45, 7) is 4.34. The lowest BCUT2D eigenvalue weighted by Crippen LogP contribution is -2.36. The van der Waals surface area contributed by atoms with Gasteiger partial charge in [0.1, 0.15) is 0 Å². The van der Waals surface area contributed by atoms with Crippen LogP contribution >= 0.6 is 0 Å². The van der Waals surface area contributed by atoms with Gasteiger partial charge in [-0.05, 0) is 12.3 Å². The molecule has 74 valence electrons. The predicted molar refractivity (Wildman–Crippen MR) is 46.3 cm³/mol. The van der Waals surface area contributed by atoms with E-state index in [-0.39, 0.29) is 12.6 Å². The van der Waals surface area contributed by atoms with Crippen LogP contribution in [0.15, 0.2) is 0 Å². The summed E-state index contributed by atoms with van der Waals surface area (Å²) in [6, 6.07) is -0.0104. The first kappa shape index (κ1) is 11.8. The molecule has 0 saturated carbocycles. The molecule has 0 amide bonds. The monoisotopic (exact) mass is 180 g/mol. The predicted octanol–water partition coefficient (Wildman–Crippen LogP) is 1.21. The van der Waals surface area contributed by atoms with Crippen molar-refractivity contribution in [2.24, 2.45) is 11.7 Å². The minimum absolute atomic E-state index is 0.0104. The second kappa shape index (κ2) is 6.31. The first-order valence-electron chi connectivity index (χ1n) is 4.26. The summed E-state index contributed by atoms with van der Waals surface area (Å²) < 4.78 is 23.3. The highest BCUT2D eigenvalue weighted by molar-refractivity contribution is 4.66. The van der Waals surface area contributed by atoms with E-state index in [1.165, 1.54) is 0 Å². The molecule has 0 heterocycles. The van der Waals surface area contributed by atoms with Gasteiger partial charge in [0.2, 0.25) is 0 Å². The molecule has 0 rings (SSSR count). The molecule has 4 heteroatoms. The summed E-state index contributed by atoms with van der Waals surface area (Å²) in [5.41, 5.74) is 5.65. The average molecular weight is 180 g/mol. The molecular formula is C8H18F2N2. The smallest absolute Gasteiger partial charge is 0.250 e. The van der Waals surface area contributed by atoms with Crippen molar-refractivity contribution in [3.05, 3.63) is 0 Å². The highest BCUT2D eigenvalue weighted by Crippen LogP contribution is 2.01. The quantitative estimate of drug-likeness (QED) is 0.645. The Morgan fingerprint density at radius 1 is 1.25 bits per heavy atom. The number of alkyl halides is 2. The Labute approximate surface area is 72.5 Å². The van der Waals surface area contributed by atoms with Crippen LogP contribution in [0.2, 0.25) is 0 Å². The maximum atomic E-state index is 11.6. The van der Waals surface area contributed by atoms with Gasteiger partial charge in [0.15, 0.2) is 0 Å². The van der Waals surface area contributed by atoms with Crippen molar-refractivity contribution in [1.82, 2.24) is 5.32 Å². The number of rotatable bonds is 6. The van der Waals surface area contributed by atoms with Gasteiger partial charge in [-0.1, -0.05) is 13.8 Å². The van der Waals surface area contributed by atoms with Crippen LogP contribution in [0, 0.1) is 5.92 Å². The minimum Gasteiger partial charge on any atom is -0.327 e. The SMILES string of the molecule is CC(C)C[C@@H](N)CNCC(F)F. The van der Waals surface area contributed by atoms with Crippen LogP contribution in [0.4, 0.5) is 8.78 Å². The molecule has 0 aliphatic carbocycles. The number of nitrogens with two attached hydrogens (primary N) is 1. The van der Waals surface area contributed by atoms with Crippen molar-refractivity contribution < 1.29 is 8.78 Å². The Hall–Kier alpha value is -0.220. The van der Waals surface area contributed by atoms with Gasteiger partial charge in [-0.15, -0.1) is 0 Å². The van der Waals surface area contributed by atoms with Crippen LogP contribution in [-0.4, -0.2) is 25.6 Å². The van der Waals surface area contributed by atoms with Gasteiger partial charge in [-0.2, -0.15) is 0 Å². The minimum atomic E-state index is -2.28. The standard InChI is InChI=1S/C8H18F2N2/c1-6(2)3-7(11)4-12-5-8(9)10/h6-8,12H,3-5,11H2,1-2H3/t7-/m1/s1. The highest BCUT2D eigenvalue weighted by Gasteiger charge is 2.06. The maximum Gasteiger partial charge on any atom is 0.250 e. The van der Waals surface area contributed by atoms with Crippen LogP contribution < -0.4 is 11.1 Å². The first-order valence-corrected chi connectivity index (χ1v) is 4.26.